The Morgan fingerprint density at radius 1 is 1.56 bits per heavy atom. The van der Waals surface area contributed by atoms with Crippen LogP contribution in [0.4, 0.5) is 0 Å². The summed E-state index contributed by atoms with van der Waals surface area (Å²) < 4.78 is 3.62. The SMILES string of the molecule is CC(=O)[CH2][In]1[CH2]C=C[CH2]1. The van der Waals surface area contributed by atoms with Crippen molar-refractivity contribution in [1.82, 2.24) is 0 Å². The van der Waals surface area contributed by atoms with Crippen LogP contribution in [0.25, 0.3) is 0 Å². The molecule has 0 amide bonds. The van der Waals surface area contributed by atoms with E-state index in [1.807, 2.05) is 0 Å². The molecule has 9 heavy (non-hydrogen) atoms. The Kier molecular flexibility index (Phi) is 2.83. The monoisotopic (exact) mass is 226 g/mol. The van der Waals surface area contributed by atoms with Crippen molar-refractivity contribution in [2.45, 2.75) is 19.5 Å². The molecule has 0 aliphatic carbocycles. The third kappa shape index (κ3) is 2.57. The van der Waals surface area contributed by atoms with Crippen molar-refractivity contribution >= 4 is 27.2 Å². The predicted octanol–water partition coefficient (Wildman–Crippen LogP) is 1.64. The summed E-state index contributed by atoms with van der Waals surface area (Å²) in [6.45, 7) is 1.72. The Hall–Kier alpha value is 0.280. The topological polar surface area (TPSA) is 17.1 Å². The molecule has 0 saturated carbocycles. The molecular weight excluding hydrogens is 215 g/mol. The van der Waals surface area contributed by atoms with Gasteiger partial charge in [-0.1, -0.05) is 0 Å². The molecule has 0 atom stereocenters. The minimum absolute atomic E-state index is 0.416. The van der Waals surface area contributed by atoms with E-state index in [0.717, 1.165) is 4.18 Å². The van der Waals surface area contributed by atoms with Gasteiger partial charge in [-0.25, -0.2) is 0 Å². The number of ketones is 1. The molecule has 1 aliphatic heterocycles. The number of hydrogen-bond donors (Lipinski definition) is 0. The molecule has 48 valence electrons. The molecular formula is C7H11InO. The van der Waals surface area contributed by atoms with Gasteiger partial charge in [0.1, 0.15) is 0 Å². The Morgan fingerprint density at radius 3 is 2.56 bits per heavy atom. The van der Waals surface area contributed by atoms with Crippen LogP contribution < -0.4 is 0 Å². The maximum absolute atomic E-state index is 10.6. The van der Waals surface area contributed by atoms with Gasteiger partial charge in [0, 0.05) is 0 Å². The van der Waals surface area contributed by atoms with E-state index in [2.05, 4.69) is 12.2 Å². The first kappa shape index (κ1) is 7.39. The van der Waals surface area contributed by atoms with Crippen LogP contribution in [0.2, 0.25) is 12.5 Å². The first-order valence-electron chi connectivity index (χ1n) is 3.43. The molecule has 0 saturated heterocycles. The standard InChI is InChI=1S/C4H6.C3H5O.In/c1-3-4-2;1-3(2)4;/h3-4H,1-2H2;1H2,2H3;. The molecule has 0 aromatic heterocycles. The van der Waals surface area contributed by atoms with Gasteiger partial charge in [-0.05, 0) is 0 Å². The Labute approximate surface area is 63.7 Å². The van der Waals surface area contributed by atoms with Gasteiger partial charge in [0.05, 0.1) is 0 Å². The first-order chi connectivity index (χ1) is 4.29. The second-order valence-electron chi connectivity index (χ2n) is 2.71. The van der Waals surface area contributed by atoms with E-state index >= 15 is 0 Å². The number of rotatable bonds is 2. The third-order valence-corrected chi connectivity index (χ3v) is 10.3. The Bertz CT molecular complexity index is 132. The number of carbonyl (C=O) groups is 1. The van der Waals surface area contributed by atoms with Crippen molar-refractivity contribution in [3.05, 3.63) is 12.2 Å². The van der Waals surface area contributed by atoms with Crippen LogP contribution >= 0.6 is 0 Å². The normalized spacial score (nSPS) is 16.8. The Balaban J connectivity index is 2.22. The molecule has 0 unspecified atom stereocenters. The van der Waals surface area contributed by atoms with Gasteiger partial charge >= 0.3 is 63.6 Å². The predicted molar refractivity (Wildman–Crippen MR) is 40.0 cm³/mol. The van der Waals surface area contributed by atoms with Gasteiger partial charge in [-0.3, -0.25) is 0 Å². The maximum atomic E-state index is 10.6. The van der Waals surface area contributed by atoms with Crippen LogP contribution in [0, 0.1) is 0 Å². The fourth-order valence-corrected chi connectivity index (χ4v) is 8.36. The van der Waals surface area contributed by atoms with Crippen molar-refractivity contribution in [3.63, 3.8) is 0 Å². The van der Waals surface area contributed by atoms with E-state index < -0.39 is 21.4 Å². The quantitative estimate of drug-likeness (QED) is 0.654. The van der Waals surface area contributed by atoms with Crippen LogP contribution in [0.1, 0.15) is 6.92 Å². The molecule has 0 aromatic carbocycles. The first-order valence-corrected chi connectivity index (χ1v) is 10.4. The molecule has 1 nitrogen and oxygen atoms in total. The van der Waals surface area contributed by atoms with Gasteiger partial charge in [0.15, 0.2) is 0 Å². The van der Waals surface area contributed by atoms with Crippen LogP contribution in [0.3, 0.4) is 0 Å². The molecule has 0 bridgehead atoms. The number of Topliss-reactive ketones (excluding diaryl/α,β-unsaturated/α-hetero) is 1. The zero-order valence-corrected chi connectivity index (χ0v) is 9.06. The summed E-state index contributed by atoms with van der Waals surface area (Å²) in [7, 11) is 0. The average molecular weight is 226 g/mol. The fourth-order valence-electron chi connectivity index (χ4n) is 1.25. The zero-order chi connectivity index (χ0) is 6.69. The minimum atomic E-state index is -1.23. The molecule has 2 heteroatoms. The fraction of sp³-hybridized carbons (Fsp3) is 0.571. The van der Waals surface area contributed by atoms with Crippen LogP contribution in [0.5, 0.6) is 0 Å². The molecule has 1 heterocycles. The van der Waals surface area contributed by atoms with Gasteiger partial charge in [0.2, 0.25) is 0 Å². The summed E-state index contributed by atoms with van der Waals surface area (Å²) in [6.07, 6.45) is 4.51. The molecule has 0 fully saturated rings. The molecule has 1 rings (SSSR count). The molecule has 0 spiro atoms. The molecule has 0 N–H and O–H groups in total. The summed E-state index contributed by atoms with van der Waals surface area (Å²) in [4.78, 5) is 10.6. The summed E-state index contributed by atoms with van der Waals surface area (Å²) in [5.41, 5.74) is 0. The van der Waals surface area contributed by atoms with E-state index in [1.165, 1.54) is 8.35 Å². The van der Waals surface area contributed by atoms with Crippen LogP contribution in [-0.4, -0.2) is 27.2 Å². The van der Waals surface area contributed by atoms with E-state index in [4.69, 9.17) is 0 Å². The molecule has 0 aromatic rings. The zero-order valence-electron chi connectivity index (χ0n) is 5.76. The van der Waals surface area contributed by atoms with Crippen LogP contribution in [-0.2, 0) is 4.79 Å². The van der Waals surface area contributed by atoms with Gasteiger partial charge in [-0.15, -0.1) is 0 Å². The van der Waals surface area contributed by atoms with E-state index in [1.54, 1.807) is 6.92 Å². The van der Waals surface area contributed by atoms with Gasteiger partial charge in [-0.2, -0.15) is 0 Å². The second kappa shape index (κ2) is 3.45. The number of carbonyl (C=O) groups excluding carboxylic acids is 1. The average Bonchev–Trinajstić information content (AvgIpc) is 2.15. The summed E-state index contributed by atoms with van der Waals surface area (Å²) in [6, 6.07) is 0. The van der Waals surface area contributed by atoms with Crippen LogP contribution in [0.15, 0.2) is 12.2 Å². The van der Waals surface area contributed by atoms with Gasteiger partial charge in [0.25, 0.3) is 0 Å². The summed E-state index contributed by atoms with van der Waals surface area (Å²) in [5.74, 6) is 0.416. The van der Waals surface area contributed by atoms with E-state index in [0.29, 0.717) is 5.78 Å². The second-order valence-corrected chi connectivity index (χ2v) is 11.5. The Morgan fingerprint density at radius 2 is 2.11 bits per heavy atom. The van der Waals surface area contributed by atoms with Crippen molar-refractivity contribution in [1.29, 1.82) is 0 Å². The molecule has 0 radical (unpaired) electrons. The third-order valence-electron chi connectivity index (χ3n) is 1.68. The summed E-state index contributed by atoms with van der Waals surface area (Å²) >= 11 is -1.23. The number of hydrogen-bond acceptors (Lipinski definition) is 1. The van der Waals surface area contributed by atoms with Crippen molar-refractivity contribution in [2.24, 2.45) is 0 Å². The van der Waals surface area contributed by atoms with Crippen molar-refractivity contribution in [2.75, 3.05) is 0 Å². The number of allylic oxidation sites excluding steroid dienone is 2. The summed E-state index contributed by atoms with van der Waals surface area (Å²) in [5, 5.41) is 0. The van der Waals surface area contributed by atoms with E-state index in [-0.39, 0.29) is 0 Å². The van der Waals surface area contributed by atoms with Gasteiger partial charge < -0.3 is 0 Å². The van der Waals surface area contributed by atoms with Crippen molar-refractivity contribution < 1.29 is 4.79 Å². The molecule has 1 aliphatic rings. The van der Waals surface area contributed by atoms with E-state index in [9.17, 15) is 4.79 Å². The van der Waals surface area contributed by atoms with Crippen molar-refractivity contribution in [3.8, 4) is 0 Å².